The minimum Gasteiger partial charge on any atom is -0.481 e. The summed E-state index contributed by atoms with van der Waals surface area (Å²) >= 11 is 1.44. The molecular formula is C12H20N2O4S2. The van der Waals surface area contributed by atoms with Gasteiger partial charge in [0.15, 0.2) is 0 Å². The number of hydrogen-bond donors (Lipinski definition) is 3. The SMILES string of the molecule is CC(C)(CNCc1ccc(CC(=O)O)s1)NS(C)(=O)=O. The Morgan fingerprint density at radius 1 is 1.35 bits per heavy atom. The quantitative estimate of drug-likeness (QED) is 0.658. The zero-order chi connectivity index (χ0) is 15.4. The highest BCUT2D eigenvalue weighted by Gasteiger charge is 2.21. The van der Waals surface area contributed by atoms with Gasteiger partial charge in [-0.25, -0.2) is 13.1 Å². The maximum absolute atomic E-state index is 11.2. The molecule has 0 fully saturated rings. The van der Waals surface area contributed by atoms with E-state index in [2.05, 4.69) is 10.0 Å². The average Bonchev–Trinajstić information content (AvgIpc) is 2.60. The number of carboxylic acid groups (broad SMARTS) is 1. The van der Waals surface area contributed by atoms with Gasteiger partial charge in [0.1, 0.15) is 0 Å². The van der Waals surface area contributed by atoms with E-state index in [1.165, 1.54) is 11.3 Å². The predicted octanol–water partition coefficient (Wildman–Crippen LogP) is 0.793. The van der Waals surface area contributed by atoms with Crippen molar-refractivity contribution in [3.8, 4) is 0 Å². The van der Waals surface area contributed by atoms with Crippen molar-refractivity contribution in [3.05, 3.63) is 21.9 Å². The lowest BCUT2D eigenvalue weighted by molar-refractivity contribution is -0.136. The van der Waals surface area contributed by atoms with Gasteiger partial charge in [0, 0.05) is 28.4 Å². The van der Waals surface area contributed by atoms with Gasteiger partial charge in [0.05, 0.1) is 12.7 Å². The molecule has 0 aliphatic carbocycles. The van der Waals surface area contributed by atoms with Crippen LogP contribution in [0, 0.1) is 0 Å². The second kappa shape index (κ2) is 6.66. The monoisotopic (exact) mass is 320 g/mol. The molecule has 0 aromatic carbocycles. The van der Waals surface area contributed by atoms with Crippen molar-refractivity contribution in [1.82, 2.24) is 10.0 Å². The van der Waals surface area contributed by atoms with Gasteiger partial charge in [-0.15, -0.1) is 11.3 Å². The summed E-state index contributed by atoms with van der Waals surface area (Å²) in [5.74, 6) is -0.843. The van der Waals surface area contributed by atoms with Crippen LogP contribution in [0.4, 0.5) is 0 Å². The molecule has 0 aliphatic rings. The Balaban J connectivity index is 2.44. The van der Waals surface area contributed by atoms with Crippen LogP contribution in [0.5, 0.6) is 0 Å². The summed E-state index contributed by atoms with van der Waals surface area (Å²) in [5.41, 5.74) is -0.575. The molecule has 0 amide bonds. The smallest absolute Gasteiger partial charge is 0.308 e. The van der Waals surface area contributed by atoms with Gasteiger partial charge in [-0.05, 0) is 26.0 Å². The van der Waals surface area contributed by atoms with E-state index in [9.17, 15) is 13.2 Å². The molecule has 0 atom stereocenters. The summed E-state index contributed by atoms with van der Waals surface area (Å²) in [7, 11) is -3.24. The van der Waals surface area contributed by atoms with E-state index in [1.807, 2.05) is 6.07 Å². The summed E-state index contributed by atoms with van der Waals surface area (Å²) in [6.45, 7) is 4.65. The van der Waals surface area contributed by atoms with Crippen molar-refractivity contribution in [2.24, 2.45) is 0 Å². The predicted molar refractivity (Wildman–Crippen MR) is 79.4 cm³/mol. The number of carboxylic acids is 1. The summed E-state index contributed by atoms with van der Waals surface area (Å²) in [6, 6.07) is 3.68. The lowest BCUT2D eigenvalue weighted by Crippen LogP contribution is -2.49. The minimum atomic E-state index is -3.24. The van der Waals surface area contributed by atoms with Gasteiger partial charge in [-0.1, -0.05) is 0 Å². The molecular weight excluding hydrogens is 300 g/mol. The lowest BCUT2D eigenvalue weighted by Gasteiger charge is -2.25. The van der Waals surface area contributed by atoms with Crippen LogP contribution in [-0.2, 0) is 27.8 Å². The molecule has 1 aromatic rings. The van der Waals surface area contributed by atoms with Crippen molar-refractivity contribution in [2.75, 3.05) is 12.8 Å². The fourth-order valence-electron chi connectivity index (χ4n) is 1.80. The molecule has 0 bridgehead atoms. The van der Waals surface area contributed by atoms with Crippen LogP contribution in [0.15, 0.2) is 12.1 Å². The standard InChI is InChI=1S/C12H20N2O4S2/c1-12(2,14-20(3,17)18)8-13-7-10-5-4-9(19-10)6-11(15)16/h4-5,13-14H,6-8H2,1-3H3,(H,15,16). The molecule has 0 aliphatic heterocycles. The largest absolute Gasteiger partial charge is 0.481 e. The van der Waals surface area contributed by atoms with Gasteiger partial charge in [0.2, 0.25) is 10.0 Å². The van der Waals surface area contributed by atoms with Gasteiger partial charge in [-0.2, -0.15) is 0 Å². The topological polar surface area (TPSA) is 95.5 Å². The first kappa shape index (κ1) is 17.1. The first-order valence-electron chi connectivity index (χ1n) is 6.06. The molecule has 1 rings (SSSR count). The van der Waals surface area contributed by atoms with Crippen molar-refractivity contribution in [3.63, 3.8) is 0 Å². The Hall–Kier alpha value is -0.960. The zero-order valence-electron chi connectivity index (χ0n) is 11.8. The van der Waals surface area contributed by atoms with Crippen LogP contribution < -0.4 is 10.0 Å². The van der Waals surface area contributed by atoms with E-state index in [-0.39, 0.29) is 6.42 Å². The van der Waals surface area contributed by atoms with Gasteiger partial charge >= 0.3 is 5.97 Å². The van der Waals surface area contributed by atoms with Crippen LogP contribution in [0.1, 0.15) is 23.6 Å². The fraction of sp³-hybridized carbons (Fsp3) is 0.583. The highest BCUT2D eigenvalue weighted by Crippen LogP contribution is 2.17. The Bertz CT molecular complexity index is 564. The third-order valence-electron chi connectivity index (χ3n) is 2.37. The molecule has 0 saturated carbocycles. The van der Waals surface area contributed by atoms with Gasteiger partial charge in [-0.3, -0.25) is 4.79 Å². The molecule has 1 heterocycles. The Morgan fingerprint density at radius 3 is 2.50 bits per heavy atom. The van der Waals surface area contributed by atoms with Crippen LogP contribution in [0.25, 0.3) is 0 Å². The molecule has 0 saturated heterocycles. The van der Waals surface area contributed by atoms with Crippen molar-refractivity contribution in [1.29, 1.82) is 0 Å². The number of carbonyl (C=O) groups is 1. The van der Waals surface area contributed by atoms with Crippen LogP contribution in [0.2, 0.25) is 0 Å². The highest BCUT2D eigenvalue weighted by atomic mass is 32.2. The first-order chi connectivity index (χ1) is 9.07. The Morgan fingerprint density at radius 2 is 1.95 bits per heavy atom. The van der Waals surface area contributed by atoms with Crippen molar-refractivity contribution < 1.29 is 18.3 Å². The molecule has 1 aromatic heterocycles. The summed E-state index contributed by atoms with van der Waals surface area (Å²) in [4.78, 5) is 12.4. The van der Waals surface area contributed by atoms with Gasteiger partial charge in [0.25, 0.3) is 0 Å². The number of sulfonamides is 1. The molecule has 0 radical (unpaired) electrons. The second-order valence-corrected chi connectivity index (χ2v) is 8.30. The first-order valence-corrected chi connectivity index (χ1v) is 8.77. The van der Waals surface area contributed by atoms with Crippen LogP contribution in [-0.4, -0.2) is 37.8 Å². The van der Waals surface area contributed by atoms with E-state index in [4.69, 9.17) is 5.11 Å². The normalized spacial score (nSPS) is 12.6. The summed E-state index contributed by atoms with van der Waals surface area (Å²) in [5, 5.41) is 11.9. The number of thiophene rings is 1. The third-order valence-corrected chi connectivity index (χ3v) is 4.38. The Labute approximate surface area is 123 Å². The molecule has 6 nitrogen and oxygen atoms in total. The second-order valence-electron chi connectivity index (χ2n) is 5.30. The van der Waals surface area contributed by atoms with E-state index < -0.39 is 21.5 Å². The van der Waals surface area contributed by atoms with Crippen LogP contribution in [0.3, 0.4) is 0 Å². The zero-order valence-corrected chi connectivity index (χ0v) is 13.4. The fourth-order valence-corrected chi connectivity index (χ4v) is 3.85. The molecule has 0 unspecified atom stereocenters. The summed E-state index contributed by atoms with van der Waals surface area (Å²) in [6.07, 6.45) is 1.16. The number of rotatable bonds is 8. The maximum atomic E-state index is 11.2. The number of hydrogen-bond acceptors (Lipinski definition) is 5. The average molecular weight is 320 g/mol. The van der Waals surface area contributed by atoms with E-state index in [1.54, 1.807) is 19.9 Å². The van der Waals surface area contributed by atoms with E-state index in [0.717, 1.165) is 16.0 Å². The summed E-state index contributed by atoms with van der Waals surface area (Å²) < 4.78 is 24.9. The molecule has 0 spiro atoms. The molecule has 8 heteroatoms. The van der Waals surface area contributed by atoms with Crippen molar-refractivity contribution in [2.45, 2.75) is 32.4 Å². The highest BCUT2D eigenvalue weighted by molar-refractivity contribution is 7.88. The van der Waals surface area contributed by atoms with Gasteiger partial charge < -0.3 is 10.4 Å². The molecule has 3 N–H and O–H groups in total. The minimum absolute atomic E-state index is 0.0335. The molecule has 114 valence electrons. The van der Waals surface area contributed by atoms with E-state index >= 15 is 0 Å². The number of aliphatic carboxylic acids is 1. The Kier molecular flexibility index (Phi) is 5.69. The maximum Gasteiger partial charge on any atom is 0.308 e. The number of nitrogens with one attached hydrogen (secondary N) is 2. The van der Waals surface area contributed by atoms with E-state index in [0.29, 0.717) is 13.1 Å². The van der Waals surface area contributed by atoms with Crippen LogP contribution >= 0.6 is 11.3 Å². The molecule has 20 heavy (non-hydrogen) atoms. The lowest BCUT2D eigenvalue weighted by atomic mass is 10.1. The van der Waals surface area contributed by atoms with Crippen molar-refractivity contribution >= 4 is 27.3 Å². The third kappa shape index (κ3) is 6.99.